The number of carbonyl (C=O) groups is 1. The molecule has 64 valence electrons. The molecular weight excluding hydrogens is 290 g/mol. The molecule has 0 aliphatic carbocycles. The van der Waals surface area contributed by atoms with Crippen molar-refractivity contribution in [2.75, 3.05) is 0 Å². The van der Waals surface area contributed by atoms with Gasteiger partial charge in [-0.05, 0) is 34.7 Å². The van der Waals surface area contributed by atoms with E-state index in [1.807, 2.05) is 12.1 Å². The summed E-state index contributed by atoms with van der Waals surface area (Å²) in [6.07, 6.45) is 0. The first-order chi connectivity index (χ1) is 5.74. The van der Waals surface area contributed by atoms with E-state index in [2.05, 4.69) is 27.3 Å². The Morgan fingerprint density at radius 2 is 2.33 bits per heavy atom. The molecule has 0 atom stereocenters. The third-order valence-electron chi connectivity index (χ3n) is 1.32. The number of ether oxygens (including phenoxy) is 1. The van der Waals surface area contributed by atoms with Crippen LogP contribution < -0.4 is 0 Å². The molecular formula is C8H6ClIO2. The summed E-state index contributed by atoms with van der Waals surface area (Å²) in [4.78, 5) is 9.91. The van der Waals surface area contributed by atoms with Crippen LogP contribution in [-0.4, -0.2) is 6.47 Å². The monoisotopic (exact) mass is 296 g/mol. The van der Waals surface area contributed by atoms with E-state index < -0.39 is 0 Å². The van der Waals surface area contributed by atoms with Crippen LogP contribution >= 0.6 is 34.2 Å². The van der Waals surface area contributed by atoms with Gasteiger partial charge in [-0.15, -0.1) is 0 Å². The van der Waals surface area contributed by atoms with Gasteiger partial charge < -0.3 is 4.74 Å². The van der Waals surface area contributed by atoms with Gasteiger partial charge in [-0.25, -0.2) is 0 Å². The number of hydrogen-bond donors (Lipinski definition) is 0. The van der Waals surface area contributed by atoms with E-state index >= 15 is 0 Å². The normalized spacial score (nSPS) is 9.50. The molecule has 0 bridgehead atoms. The van der Waals surface area contributed by atoms with Crippen molar-refractivity contribution in [2.24, 2.45) is 0 Å². The summed E-state index contributed by atoms with van der Waals surface area (Å²) in [5.74, 6) is 0. The summed E-state index contributed by atoms with van der Waals surface area (Å²) in [5, 5.41) is 0.689. The van der Waals surface area contributed by atoms with Gasteiger partial charge in [0.1, 0.15) is 6.61 Å². The van der Waals surface area contributed by atoms with Crippen molar-refractivity contribution in [2.45, 2.75) is 6.61 Å². The first kappa shape index (κ1) is 9.80. The molecule has 12 heavy (non-hydrogen) atoms. The zero-order valence-corrected chi connectivity index (χ0v) is 9.00. The van der Waals surface area contributed by atoms with Crippen LogP contribution in [0.3, 0.4) is 0 Å². The molecule has 4 heteroatoms. The van der Waals surface area contributed by atoms with Crippen LogP contribution in [-0.2, 0) is 16.1 Å². The van der Waals surface area contributed by atoms with Crippen molar-refractivity contribution in [1.29, 1.82) is 0 Å². The second-order valence-electron chi connectivity index (χ2n) is 2.14. The second kappa shape index (κ2) is 4.67. The highest BCUT2D eigenvalue weighted by atomic mass is 127. The van der Waals surface area contributed by atoms with E-state index in [-0.39, 0.29) is 0 Å². The highest BCUT2D eigenvalue weighted by Gasteiger charge is 1.99. The standard InChI is InChI=1S/C8H6ClIO2/c9-7-2-1-6(4-12-5-11)8(10)3-7/h1-3,5H,4H2. The van der Waals surface area contributed by atoms with Gasteiger partial charge in [0.15, 0.2) is 0 Å². The lowest BCUT2D eigenvalue weighted by Gasteiger charge is -2.02. The highest BCUT2D eigenvalue weighted by Crippen LogP contribution is 2.18. The van der Waals surface area contributed by atoms with Gasteiger partial charge >= 0.3 is 0 Å². The second-order valence-corrected chi connectivity index (χ2v) is 3.74. The number of rotatable bonds is 3. The van der Waals surface area contributed by atoms with Crippen LogP contribution in [0.5, 0.6) is 0 Å². The molecule has 0 saturated carbocycles. The van der Waals surface area contributed by atoms with Crippen LogP contribution in [0.1, 0.15) is 5.56 Å². The fourth-order valence-electron chi connectivity index (χ4n) is 0.763. The van der Waals surface area contributed by atoms with Crippen molar-refractivity contribution in [3.05, 3.63) is 32.4 Å². The Bertz CT molecular complexity index is 288. The Hall–Kier alpha value is -0.290. The predicted octanol–water partition coefficient (Wildman–Crippen LogP) is 2.62. The molecule has 0 saturated heterocycles. The molecule has 1 aromatic carbocycles. The lowest BCUT2D eigenvalue weighted by Crippen LogP contribution is -1.92. The van der Waals surface area contributed by atoms with Gasteiger partial charge in [0.25, 0.3) is 6.47 Å². The number of halogens is 2. The number of carbonyl (C=O) groups excluding carboxylic acids is 1. The molecule has 0 fully saturated rings. The van der Waals surface area contributed by atoms with E-state index in [0.29, 0.717) is 18.1 Å². The SMILES string of the molecule is O=COCc1ccc(Cl)cc1I. The maximum atomic E-state index is 9.91. The fourth-order valence-corrected chi connectivity index (χ4v) is 1.79. The van der Waals surface area contributed by atoms with Crippen LogP contribution in [0.2, 0.25) is 5.02 Å². The molecule has 0 aliphatic rings. The quantitative estimate of drug-likeness (QED) is 0.633. The minimum Gasteiger partial charge on any atom is -0.463 e. The molecule has 0 amide bonds. The van der Waals surface area contributed by atoms with E-state index in [4.69, 9.17) is 11.6 Å². The van der Waals surface area contributed by atoms with Gasteiger partial charge in [0.05, 0.1) is 0 Å². The zero-order chi connectivity index (χ0) is 8.97. The third-order valence-corrected chi connectivity index (χ3v) is 2.56. The van der Waals surface area contributed by atoms with Gasteiger partial charge in [-0.1, -0.05) is 17.7 Å². The van der Waals surface area contributed by atoms with Crippen molar-refractivity contribution in [1.82, 2.24) is 0 Å². The summed E-state index contributed by atoms with van der Waals surface area (Å²) in [7, 11) is 0. The highest BCUT2D eigenvalue weighted by molar-refractivity contribution is 14.1. The Balaban J connectivity index is 2.78. The average Bonchev–Trinajstić information content (AvgIpc) is 2.03. The lowest BCUT2D eigenvalue weighted by molar-refractivity contribution is -0.129. The van der Waals surface area contributed by atoms with Gasteiger partial charge in [0, 0.05) is 14.2 Å². The van der Waals surface area contributed by atoms with Gasteiger partial charge in [-0.3, -0.25) is 4.79 Å². The molecule has 0 spiro atoms. The molecule has 0 radical (unpaired) electrons. The Kier molecular flexibility index (Phi) is 3.81. The topological polar surface area (TPSA) is 26.3 Å². The lowest BCUT2D eigenvalue weighted by atomic mass is 10.2. The third kappa shape index (κ3) is 2.64. The minimum absolute atomic E-state index is 0.305. The maximum absolute atomic E-state index is 9.91. The Morgan fingerprint density at radius 3 is 2.92 bits per heavy atom. The van der Waals surface area contributed by atoms with E-state index in [9.17, 15) is 4.79 Å². The van der Waals surface area contributed by atoms with Crippen molar-refractivity contribution >= 4 is 40.7 Å². The smallest absolute Gasteiger partial charge is 0.293 e. The predicted molar refractivity (Wildman–Crippen MR) is 55.0 cm³/mol. The maximum Gasteiger partial charge on any atom is 0.293 e. The first-order valence-corrected chi connectivity index (χ1v) is 4.69. The fraction of sp³-hybridized carbons (Fsp3) is 0.125. The van der Waals surface area contributed by atoms with Crippen molar-refractivity contribution in [3.63, 3.8) is 0 Å². The van der Waals surface area contributed by atoms with E-state index in [1.165, 1.54) is 0 Å². The zero-order valence-electron chi connectivity index (χ0n) is 6.09. The Morgan fingerprint density at radius 1 is 1.58 bits per heavy atom. The molecule has 0 N–H and O–H groups in total. The summed E-state index contributed by atoms with van der Waals surface area (Å²) in [5.41, 5.74) is 0.965. The summed E-state index contributed by atoms with van der Waals surface area (Å²) < 4.78 is 5.61. The van der Waals surface area contributed by atoms with Crippen LogP contribution in [0, 0.1) is 3.57 Å². The van der Waals surface area contributed by atoms with E-state index in [1.54, 1.807) is 6.07 Å². The minimum atomic E-state index is 0.305. The molecule has 0 heterocycles. The van der Waals surface area contributed by atoms with E-state index in [0.717, 1.165) is 9.13 Å². The van der Waals surface area contributed by atoms with Gasteiger partial charge in [0.2, 0.25) is 0 Å². The summed E-state index contributed by atoms with van der Waals surface area (Å²) in [6.45, 7) is 0.740. The molecule has 0 aromatic heterocycles. The van der Waals surface area contributed by atoms with Crippen LogP contribution in [0.15, 0.2) is 18.2 Å². The molecule has 1 aromatic rings. The van der Waals surface area contributed by atoms with Crippen LogP contribution in [0.25, 0.3) is 0 Å². The summed E-state index contributed by atoms with van der Waals surface area (Å²) in [6, 6.07) is 5.44. The number of hydrogen-bond acceptors (Lipinski definition) is 2. The summed E-state index contributed by atoms with van der Waals surface area (Å²) >= 11 is 7.88. The molecule has 0 unspecified atom stereocenters. The molecule has 1 rings (SSSR count). The first-order valence-electron chi connectivity index (χ1n) is 3.23. The van der Waals surface area contributed by atoms with Gasteiger partial charge in [-0.2, -0.15) is 0 Å². The molecule has 2 nitrogen and oxygen atoms in total. The average molecular weight is 296 g/mol. The van der Waals surface area contributed by atoms with Crippen molar-refractivity contribution in [3.8, 4) is 0 Å². The van der Waals surface area contributed by atoms with Crippen molar-refractivity contribution < 1.29 is 9.53 Å². The number of benzene rings is 1. The largest absolute Gasteiger partial charge is 0.463 e. The molecule has 0 aliphatic heterocycles. The Labute approximate surface area is 89.0 Å². The van der Waals surface area contributed by atoms with Crippen LogP contribution in [0.4, 0.5) is 0 Å².